The van der Waals surface area contributed by atoms with E-state index in [-0.39, 0.29) is 0 Å². The molecule has 1 aromatic heterocycles. The van der Waals surface area contributed by atoms with Gasteiger partial charge in [0.2, 0.25) is 17.3 Å². The second-order valence-electron chi connectivity index (χ2n) is 6.18. The van der Waals surface area contributed by atoms with Gasteiger partial charge in [0, 0.05) is 11.3 Å². The molecule has 0 spiro atoms. The molecule has 4 rings (SSSR count). The smallest absolute Gasteiger partial charge is 0.247 e. The summed E-state index contributed by atoms with van der Waals surface area (Å²) in [7, 11) is 1.62. The van der Waals surface area contributed by atoms with Gasteiger partial charge < -0.3 is 19.5 Å². The first-order valence-corrected chi connectivity index (χ1v) is 10.4. The molecular weight excluding hydrogens is 388 g/mol. The van der Waals surface area contributed by atoms with E-state index in [1.54, 1.807) is 7.11 Å². The van der Waals surface area contributed by atoms with Crippen molar-refractivity contribution in [2.24, 2.45) is 0 Å². The van der Waals surface area contributed by atoms with Crippen LogP contribution in [0.4, 0.5) is 5.69 Å². The summed E-state index contributed by atoms with van der Waals surface area (Å²) < 4.78 is 17.7. The first-order valence-electron chi connectivity index (χ1n) is 9.45. The first-order chi connectivity index (χ1) is 14.2. The maximum atomic E-state index is 6.31. The molecule has 0 aliphatic carbocycles. The lowest BCUT2D eigenvalue weighted by molar-refractivity contribution is 0.217. The monoisotopic (exact) mass is 410 g/mol. The summed E-state index contributed by atoms with van der Waals surface area (Å²) in [6, 6.07) is 13.6. The van der Waals surface area contributed by atoms with Gasteiger partial charge in [-0.2, -0.15) is 4.98 Å². The van der Waals surface area contributed by atoms with Gasteiger partial charge in [-0.25, -0.2) is 0 Å². The van der Waals surface area contributed by atoms with Crippen molar-refractivity contribution < 1.29 is 14.2 Å². The Kier molecular flexibility index (Phi) is 5.71. The number of nitrogens with zero attached hydrogens (tertiary/aromatic N) is 3. The second-order valence-corrected chi connectivity index (χ2v) is 7.41. The third-order valence-corrected chi connectivity index (χ3v) is 5.12. The Labute approximate surface area is 173 Å². The molecule has 0 unspecified atom stereocenters. The van der Waals surface area contributed by atoms with Crippen LogP contribution in [0.3, 0.4) is 0 Å². The molecule has 0 amide bonds. The average Bonchev–Trinajstić information content (AvgIpc) is 2.90. The minimum absolute atomic E-state index is 0.433. The van der Waals surface area contributed by atoms with Crippen LogP contribution in [0.2, 0.25) is 0 Å². The van der Waals surface area contributed by atoms with Gasteiger partial charge in [0.15, 0.2) is 17.2 Å². The Hall–Kier alpha value is -3.00. The van der Waals surface area contributed by atoms with Gasteiger partial charge in [-0.05, 0) is 30.9 Å². The van der Waals surface area contributed by atoms with E-state index in [0.717, 1.165) is 22.6 Å². The van der Waals surface area contributed by atoms with Gasteiger partial charge in [0.1, 0.15) is 0 Å². The van der Waals surface area contributed by atoms with Crippen molar-refractivity contribution >= 4 is 17.4 Å². The van der Waals surface area contributed by atoms with Crippen LogP contribution >= 0.6 is 11.8 Å². The molecule has 0 bridgehead atoms. The minimum Gasteiger partial charge on any atom is -0.492 e. The van der Waals surface area contributed by atoms with Crippen LogP contribution in [0.15, 0.2) is 47.6 Å². The molecule has 0 fully saturated rings. The average molecular weight is 410 g/mol. The number of rotatable bonds is 6. The fourth-order valence-corrected chi connectivity index (χ4v) is 3.71. The Morgan fingerprint density at radius 3 is 2.76 bits per heavy atom. The highest BCUT2D eigenvalue weighted by atomic mass is 32.2. The number of hydrogen-bond donors (Lipinski definition) is 1. The summed E-state index contributed by atoms with van der Waals surface area (Å²) >= 11 is 1.52. The predicted molar refractivity (Wildman–Crippen MR) is 113 cm³/mol. The van der Waals surface area contributed by atoms with Crippen LogP contribution in [0, 0.1) is 0 Å². The quantitative estimate of drug-likeness (QED) is 0.593. The van der Waals surface area contributed by atoms with Crippen molar-refractivity contribution in [1.29, 1.82) is 0 Å². The molecule has 2 aromatic carbocycles. The zero-order chi connectivity index (χ0) is 20.2. The molecule has 7 nitrogen and oxygen atoms in total. The number of ether oxygens (including phenoxy) is 3. The van der Waals surface area contributed by atoms with E-state index in [1.807, 2.05) is 56.3 Å². The van der Waals surface area contributed by atoms with Crippen molar-refractivity contribution in [3.63, 3.8) is 0 Å². The van der Waals surface area contributed by atoms with E-state index < -0.39 is 6.23 Å². The molecule has 1 atom stereocenters. The van der Waals surface area contributed by atoms with Crippen molar-refractivity contribution in [3.05, 3.63) is 48.0 Å². The van der Waals surface area contributed by atoms with Crippen molar-refractivity contribution in [2.75, 3.05) is 24.8 Å². The molecule has 1 N–H and O–H groups in total. The molecule has 1 aliphatic rings. The summed E-state index contributed by atoms with van der Waals surface area (Å²) in [6.07, 6.45) is -0.538. The highest BCUT2D eigenvalue weighted by molar-refractivity contribution is 7.99. The van der Waals surface area contributed by atoms with Crippen LogP contribution in [0.1, 0.15) is 25.6 Å². The fraction of sp³-hybridized carbons (Fsp3) is 0.286. The fourth-order valence-electron chi connectivity index (χ4n) is 3.21. The molecule has 3 aromatic rings. The van der Waals surface area contributed by atoms with Crippen molar-refractivity contribution in [3.8, 4) is 28.6 Å². The summed E-state index contributed by atoms with van der Waals surface area (Å²) in [5.74, 6) is 2.57. The number of hydrogen-bond acceptors (Lipinski definition) is 8. The number of para-hydroxylation sites is 2. The van der Waals surface area contributed by atoms with Gasteiger partial charge in [-0.15, -0.1) is 10.2 Å². The van der Waals surface area contributed by atoms with Crippen LogP contribution in [-0.4, -0.2) is 34.7 Å². The van der Waals surface area contributed by atoms with Gasteiger partial charge in [0.05, 0.1) is 19.3 Å². The zero-order valence-electron chi connectivity index (χ0n) is 16.5. The molecule has 0 saturated carbocycles. The SMILES string of the molecule is CCOc1cccc([C@H]2Nc3ccccc3-c3nnc(SCC)nc3O2)c1OC. The third-order valence-electron chi connectivity index (χ3n) is 4.40. The van der Waals surface area contributed by atoms with Gasteiger partial charge in [-0.3, -0.25) is 0 Å². The van der Waals surface area contributed by atoms with E-state index >= 15 is 0 Å². The molecular formula is C21H22N4O3S. The van der Waals surface area contributed by atoms with Crippen LogP contribution in [0.5, 0.6) is 17.4 Å². The number of fused-ring (bicyclic) bond motifs is 3. The number of benzene rings is 2. The lowest BCUT2D eigenvalue weighted by Crippen LogP contribution is -2.18. The molecule has 0 radical (unpaired) electrons. The summed E-state index contributed by atoms with van der Waals surface area (Å²) in [6.45, 7) is 4.53. The Morgan fingerprint density at radius 1 is 1.10 bits per heavy atom. The Bertz CT molecular complexity index is 1010. The van der Waals surface area contributed by atoms with Gasteiger partial charge in [-0.1, -0.05) is 43.0 Å². The van der Waals surface area contributed by atoms with E-state index in [0.29, 0.717) is 34.8 Å². The normalized spacial score (nSPS) is 14.7. The summed E-state index contributed by atoms with van der Waals surface area (Å²) in [4.78, 5) is 4.61. The molecule has 1 aliphatic heterocycles. The molecule has 150 valence electrons. The number of methoxy groups -OCH3 is 1. The van der Waals surface area contributed by atoms with Crippen molar-refractivity contribution in [1.82, 2.24) is 15.2 Å². The van der Waals surface area contributed by atoms with E-state index in [4.69, 9.17) is 14.2 Å². The van der Waals surface area contributed by atoms with Crippen LogP contribution < -0.4 is 19.5 Å². The summed E-state index contributed by atoms with van der Waals surface area (Å²) in [5.41, 5.74) is 3.19. The third kappa shape index (κ3) is 3.80. The predicted octanol–water partition coefficient (Wildman–Crippen LogP) is 4.56. The lowest BCUT2D eigenvalue weighted by atomic mass is 10.1. The maximum absolute atomic E-state index is 6.31. The number of thioether (sulfide) groups is 1. The molecule has 29 heavy (non-hydrogen) atoms. The first kappa shape index (κ1) is 19.3. The van der Waals surface area contributed by atoms with E-state index in [1.165, 1.54) is 11.8 Å². The minimum atomic E-state index is -0.538. The molecule has 8 heteroatoms. The standard InChI is InChI=1S/C21H22N4O3S/c1-4-27-16-12-8-10-14(18(16)26-3)19-22-15-11-7-6-9-13(15)17-20(28-19)23-21(25-24-17)29-5-2/h6-12,19,22H,4-5H2,1-3H3/t19-/m0/s1. The summed E-state index contributed by atoms with van der Waals surface area (Å²) in [5, 5.41) is 12.7. The highest BCUT2D eigenvalue weighted by Gasteiger charge is 2.28. The van der Waals surface area contributed by atoms with Crippen LogP contribution in [0.25, 0.3) is 11.3 Å². The van der Waals surface area contributed by atoms with Crippen molar-refractivity contribution in [2.45, 2.75) is 25.2 Å². The highest BCUT2D eigenvalue weighted by Crippen LogP contribution is 2.43. The largest absolute Gasteiger partial charge is 0.492 e. The number of aromatic nitrogens is 3. The maximum Gasteiger partial charge on any atom is 0.247 e. The second kappa shape index (κ2) is 8.57. The van der Waals surface area contributed by atoms with E-state index in [9.17, 15) is 0 Å². The lowest BCUT2D eigenvalue weighted by Gasteiger charge is -2.22. The Balaban J connectivity index is 1.84. The molecule has 2 heterocycles. The number of anilines is 1. The van der Waals surface area contributed by atoms with Crippen LogP contribution in [-0.2, 0) is 0 Å². The Morgan fingerprint density at radius 2 is 1.97 bits per heavy atom. The van der Waals surface area contributed by atoms with Gasteiger partial charge >= 0.3 is 0 Å². The zero-order valence-corrected chi connectivity index (χ0v) is 17.3. The van der Waals surface area contributed by atoms with E-state index in [2.05, 4.69) is 20.5 Å². The number of nitrogens with one attached hydrogen (secondary N) is 1. The molecule has 0 saturated heterocycles. The topological polar surface area (TPSA) is 78.4 Å². The van der Waals surface area contributed by atoms with Gasteiger partial charge in [0.25, 0.3) is 0 Å².